The lowest BCUT2D eigenvalue weighted by molar-refractivity contribution is 0.377. The van der Waals surface area contributed by atoms with Crippen LogP contribution in [0.25, 0.3) is 11.4 Å². The van der Waals surface area contributed by atoms with E-state index >= 15 is 0 Å². The molecule has 0 amide bonds. The van der Waals surface area contributed by atoms with E-state index in [4.69, 9.17) is 4.52 Å². The minimum atomic E-state index is 0.614. The number of aromatic nitrogens is 3. The highest BCUT2D eigenvalue weighted by atomic mass is 16.5. The molecule has 1 N–H and O–H groups in total. The molecule has 0 radical (unpaired) electrons. The van der Waals surface area contributed by atoms with Gasteiger partial charge in [0.15, 0.2) is 0 Å². The molecule has 2 rings (SSSR count). The standard InChI is InChI=1S/C10H12N4O/c1-11-5-4-9-13-10(14-15-9)8-2-6-12-7-3-8/h2-3,6-7,11H,4-5H2,1H3. The highest BCUT2D eigenvalue weighted by Crippen LogP contribution is 2.13. The van der Waals surface area contributed by atoms with Crippen LogP contribution in [0.15, 0.2) is 29.0 Å². The molecule has 0 aliphatic heterocycles. The van der Waals surface area contributed by atoms with Gasteiger partial charge in [-0.05, 0) is 19.2 Å². The fourth-order valence-electron chi connectivity index (χ4n) is 1.21. The van der Waals surface area contributed by atoms with E-state index < -0.39 is 0 Å². The van der Waals surface area contributed by atoms with Crippen LogP contribution in [0.5, 0.6) is 0 Å². The van der Waals surface area contributed by atoms with Gasteiger partial charge in [0.05, 0.1) is 0 Å². The third-order valence-electron chi connectivity index (χ3n) is 2.00. The van der Waals surface area contributed by atoms with Crippen molar-refractivity contribution in [1.29, 1.82) is 0 Å². The molecular formula is C10H12N4O. The lowest BCUT2D eigenvalue weighted by atomic mass is 10.2. The van der Waals surface area contributed by atoms with Gasteiger partial charge < -0.3 is 9.84 Å². The number of hydrogen-bond donors (Lipinski definition) is 1. The van der Waals surface area contributed by atoms with Crippen molar-refractivity contribution in [1.82, 2.24) is 20.4 Å². The molecule has 0 saturated heterocycles. The Morgan fingerprint density at radius 1 is 1.33 bits per heavy atom. The fraction of sp³-hybridized carbons (Fsp3) is 0.300. The van der Waals surface area contributed by atoms with Crippen molar-refractivity contribution in [3.8, 4) is 11.4 Å². The van der Waals surface area contributed by atoms with Gasteiger partial charge in [0.1, 0.15) is 0 Å². The first-order valence-corrected chi connectivity index (χ1v) is 4.78. The summed E-state index contributed by atoms with van der Waals surface area (Å²) >= 11 is 0. The quantitative estimate of drug-likeness (QED) is 0.801. The van der Waals surface area contributed by atoms with E-state index in [1.807, 2.05) is 19.2 Å². The van der Waals surface area contributed by atoms with Gasteiger partial charge in [-0.25, -0.2) is 0 Å². The van der Waals surface area contributed by atoms with E-state index in [0.29, 0.717) is 11.7 Å². The predicted molar refractivity (Wildman–Crippen MR) is 55.2 cm³/mol. The van der Waals surface area contributed by atoms with Gasteiger partial charge in [0.2, 0.25) is 11.7 Å². The van der Waals surface area contributed by atoms with Crippen LogP contribution in [0.1, 0.15) is 5.89 Å². The Labute approximate surface area is 87.5 Å². The summed E-state index contributed by atoms with van der Waals surface area (Å²) in [7, 11) is 1.89. The Hall–Kier alpha value is -1.75. The van der Waals surface area contributed by atoms with Crippen LogP contribution in [-0.4, -0.2) is 28.7 Å². The maximum atomic E-state index is 5.10. The van der Waals surface area contributed by atoms with Gasteiger partial charge in [0, 0.05) is 30.9 Å². The highest BCUT2D eigenvalue weighted by Gasteiger charge is 2.06. The van der Waals surface area contributed by atoms with Crippen molar-refractivity contribution in [3.05, 3.63) is 30.4 Å². The molecule has 0 aliphatic rings. The molecule has 5 nitrogen and oxygen atoms in total. The number of nitrogens with one attached hydrogen (secondary N) is 1. The maximum Gasteiger partial charge on any atom is 0.228 e. The second-order valence-electron chi connectivity index (χ2n) is 3.10. The lowest BCUT2D eigenvalue weighted by Gasteiger charge is -1.91. The number of pyridine rings is 1. The normalized spacial score (nSPS) is 10.5. The Kier molecular flexibility index (Phi) is 3.04. The lowest BCUT2D eigenvalue weighted by Crippen LogP contribution is -2.10. The topological polar surface area (TPSA) is 63.8 Å². The number of hydrogen-bond acceptors (Lipinski definition) is 5. The Morgan fingerprint density at radius 2 is 2.13 bits per heavy atom. The average molecular weight is 204 g/mol. The van der Waals surface area contributed by atoms with Crippen LogP contribution < -0.4 is 5.32 Å². The SMILES string of the molecule is CNCCc1nc(-c2ccncc2)no1. The summed E-state index contributed by atoms with van der Waals surface area (Å²) in [4.78, 5) is 8.20. The summed E-state index contributed by atoms with van der Waals surface area (Å²) in [5.74, 6) is 1.26. The van der Waals surface area contributed by atoms with E-state index in [0.717, 1.165) is 18.5 Å². The van der Waals surface area contributed by atoms with Gasteiger partial charge in [-0.2, -0.15) is 4.98 Å². The summed E-state index contributed by atoms with van der Waals surface area (Å²) in [5.41, 5.74) is 0.921. The average Bonchev–Trinajstić information content (AvgIpc) is 2.76. The number of likely N-dealkylation sites (N-methyl/N-ethyl adjacent to an activating group) is 1. The highest BCUT2D eigenvalue weighted by molar-refractivity contribution is 5.52. The van der Waals surface area contributed by atoms with Crippen LogP contribution in [0.3, 0.4) is 0 Å². The summed E-state index contributed by atoms with van der Waals surface area (Å²) in [6, 6.07) is 3.71. The monoisotopic (exact) mass is 204 g/mol. The van der Waals surface area contributed by atoms with Gasteiger partial charge in [0.25, 0.3) is 0 Å². The second-order valence-corrected chi connectivity index (χ2v) is 3.10. The zero-order valence-electron chi connectivity index (χ0n) is 8.47. The summed E-state index contributed by atoms with van der Waals surface area (Å²) in [5, 5.41) is 6.93. The molecular weight excluding hydrogens is 192 g/mol. The first-order chi connectivity index (χ1) is 7.40. The molecule has 0 bridgehead atoms. The second kappa shape index (κ2) is 4.65. The van der Waals surface area contributed by atoms with E-state index in [1.54, 1.807) is 12.4 Å². The van der Waals surface area contributed by atoms with E-state index in [2.05, 4.69) is 20.4 Å². The third kappa shape index (κ3) is 2.38. The van der Waals surface area contributed by atoms with Gasteiger partial charge in [-0.15, -0.1) is 0 Å². The predicted octanol–water partition coefficient (Wildman–Crippen LogP) is 0.893. The summed E-state index contributed by atoms with van der Waals surface area (Å²) in [6.07, 6.45) is 4.16. The zero-order valence-corrected chi connectivity index (χ0v) is 8.47. The van der Waals surface area contributed by atoms with Gasteiger partial charge >= 0.3 is 0 Å². The van der Waals surface area contributed by atoms with Crippen molar-refractivity contribution in [3.63, 3.8) is 0 Å². The largest absolute Gasteiger partial charge is 0.339 e. The Bertz CT molecular complexity index is 412. The summed E-state index contributed by atoms with van der Waals surface area (Å²) < 4.78 is 5.10. The molecule has 2 aromatic heterocycles. The Balaban J connectivity index is 2.14. The van der Waals surface area contributed by atoms with Crippen molar-refractivity contribution in [2.75, 3.05) is 13.6 Å². The molecule has 0 spiro atoms. The van der Waals surface area contributed by atoms with Gasteiger partial charge in [-0.3, -0.25) is 4.98 Å². The smallest absolute Gasteiger partial charge is 0.228 e. The van der Waals surface area contributed by atoms with Crippen molar-refractivity contribution >= 4 is 0 Å². The molecule has 5 heteroatoms. The number of nitrogens with zero attached hydrogens (tertiary/aromatic N) is 3. The molecule has 0 unspecified atom stereocenters. The van der Waals surface area contributed by atoms with Crippen molar-refractivity contribution in [2.45, 2.75) is 6.42 Å². The van der Waals surface area contributed by atoms with E-state index in [-0.39, 0.29) is 0 Å². The van der Waals surface area contributed by atoms with Gasteiger partial charge in [-0.1, -0.05) is 5.16 Å². The Morgan fingerprint density at radius 3 is 2.87 bits per heavy atom. The molecule has 0 fully saturated rings. The molecule has 0 aliphatic carbocycles. The van der Waals surface area contributed by atoms with Crippen LogP contribution in [0.4, 0.5) is 0 Å². The van der Waals surface area contributed by atoms with Crippen LogP contribution in [0, 0.1) is 0 Å². The zero-order chi connectivity index (χ0) is 10.5. The van der Waals surface area contributed by atoms with E-state index in [9.17, 15) is 0 Å². The van der Waals surface area contributed by atoms with Crippen LogP contribution >= 0.6 is 0 Å². The molecule has 0 aromatic carbocycles. The van der Waals surface area contributed by atoms with Crippen LogP contribution in [-0.2, 0) is 6.42 Å². The molecule has 78 valence electrons. The first-order valence-electron chi connectivity index (χ1n) is 4.78. The third-order valence-corrected chi connectivity index (χ3v) is 2.00. The summed E-state index contributed by atoms with van der Waals surface area (Å²) in [6.45, 7) is 0.831. The molecule has 15 heavy (non-hydrogen) atoms. The fourth-order valence-corrected chi connectivity index (χ4v) is 1.21. The number of rotatable bonds is 4. The van der Waals surface area contributed by atoms with Crippen LogP contribution in [0.2, 0.25) is 0 Å². The van der Waals surface area contributed by atoms with E-state index in [1.165, 1.54) is 0 Å². The molecule has 0 saturated carbocycles. The minimum absolute atomic E-state index is 0.614. The first kappa shape index (κ1) is 9.79. The molecule has 0 atom stereocenters. The molecule has 2 heterocycles. The van der Waals surface area contributed by atoms with Crippen molar-refractivity contribution < 1.29 is 4.52 Å². The maximum absolute atomic E-state index is 5.10. The minimum Gasteiger partial charge on any atom is -0.339 e. The van der Waals surface area contributed by atoms with Crippen molar-refractivity contribution in [2.24, 2.45) is 0 Å². The molecule has 2 aromatic rings.